The quantitative estimate of drug-likeness (QED) is 0.0212. The van der Waals surface area contributed by atoms with Crippen LogP contribution in [0.3, 0.4) is 0 Å². The first-order valence-electron chi connectivity index (χ1n) is 33.8. The molecule has 10 heteroatoms. The first kappa shape index (κ1) is 76.2. The normalized spacial score (nSPS) is 13.8. The van der Waals surface area contributed by atoms with E-state index in [1.54, 1.807) is 0 Å². The number of carbonyl (C=O) groups excluding carboxylic acids is 2. The highest BCUT2D eigenvalue weighted by molar-refractivity contribution is 7.45. The molecular formula is C68H131N2O7P. The Kier molecular flexibility index (Phi) is 57.1. The number of hydrogen-bond acceptors (Lipinski definition) is 7. The van der Waals surface area contributed by atoms with E-state index >= 15 is 0 Å². The highest BCUT2D eigenvalue weighted by Gasteiger charge is 2.27. The van der Waals surface area contributed by atoms with Gasteiger partial charge in [-0.1, -0.05) is 308 Å². The number of phosphoric ester groups is 1. The molecule has 0 spiro atoms. The van der Waals surface area contributed by atoms with Crippen LogP contribution >= 0.6 is 7.82 Å². The number of quaternary nitrogens is 1. The number of likely N-dealkylation sites (N-methyl/N-ethyl adjacent to an activating group) is 1. The van der Waals surface area contributed by atoms with Gasteiger partial charge >= 0.3 is 5.97 Å². The molecule has 0 saturated heterocycles. The number of carbonyl (C=O) groups is 2. The molecule has 78 heavy (non-hydrogen) atoms. The second-order valence-electron chi connectivity index (χ2n) is 24.3. The summed E-state index contributed by atoms with van der Waals surface area (Å²) in [6.07, 6.45) is 71.5. The highest BCUT2D eigenvalue weighted by atomic mass is 31.2. The molecule has 0 aliphatic carbocycles. The number of esters is 1. The van der Waals surface area contributed by atoms with Gasteiger partial charge in [-0.05, 0) is 51.0 Å². The summed E-state index contributed by atoms with van der Waals surface area (Å²) in [4.78, 5) is 40.0. The van der Waals surface area contributed by atoms with Crippen LogP contribution in [0.25, 0.3) is 0 Å². The molecule has 0 bridgehead atoms. The van der Waals surface area contributed by atoms with E-state index in [9.17, 15) is 19.0 Å². The largest absolute Gasteiger partial charge is 0.756 e. The number of phosphoric acid groups is 1. The summed E-state index contributed by atoms with van der Waals surface area (Å²) in [6, 6.07) is -0.907. The Morgan fingerprint density at radius 1 is 0.449 bits per heavy atom. The highest BCUT2D eigenvalue weighted by Crippen LogP contribution is 2.38. The molecule has 0 aromatic carbocycles. The van der Waals surface area contributed by atoms with Crippen LogP contribution in [0, 0.1) is 0 Å². The Labute approximate surface area is 485 Å². The second kappa shape index (κ2) is 58.4. The van der Waals surface area contributed by atoms with Crippen molar-refractivity contribution in [3.8, 4) is 0 Å². The van der Waals surface area contributed by atoms with Gasteiger partial charge in [-0.2, -0.15) is 0 Å². The number of rotatable bonds is 62. The Hall–Kier alpha value is -1.77. The zero-order chi connectivity index (χ0) is 57.2. The van der Waals surface area contributed by atoms with Crippen LogP contribution in [0.1, 0.15) is 335 Å². The van der Waals surface area contributed by atoms with Crippen molar-refractivity contribution in [1.82, 2.24) is 5.32 Å². The van der Waals surface area contributed by atoms with Crippen LogP contribution in [0.5, 0.6) is 0 Å². The molecular weight excluding hydrogens is 988 g/mol. The maximum atomic E-state index is 13.6. The first-order valence-corrected chi connectivity index (χ1v) is 35.3. The number of allylic oxidation sites excluding steroid dienone is 5. The van der Waals surface area contributed by atoms with Crippen LogP contribution in [0.2, 0.25) is 0 Å². The number of hydrogen-bond donors (Lipinski definition) is 1. The molecule has 0 fully saturated rings. The molecule has 3 unspecified atom stereocenters. The van der Waals surface area contributed by atoms with E-state index in [1.165, 1.54) is 244 Å². The van der Waals surface area contributed by atoms with E-state index in [2.05, 4.69) is 44.3 Å². The van der Waals surface area contributed by atoms with E-state index in [0.29, 0.717) is 23.9 Å². The van der Waals surface area contributed by atoms with Gasteiger partial charge < -0.3 is 28.5 Å². The van der Waals surface area contributed by atoms with Crippen molar-refractivity contribution in [2.24, 2.45) is 0 Å². The summed E-state index contributed by atoms with van der Waals surface area (Å²) >= 11 is 0. The van der Waals surface area contributed by atoms with Crippen LogP contribution in [-0.2, 0) is 27.9 Å². The minimum Gasteiger partial charge on any atom is -0.756 e. The van der Waals surface area contributed by atoms with Gasteiger partial charge in [0.2, 0.25) is 5.91 Å². The van der Waals surface area contributed by atoms with Crippen molar-refractivity contribution >= 4 is 19.7 Å². The number of nitrogens with zero attached hydrogens (tertiary/aromatic N) is 1. The van der Waals surface area contributed by atoms with Gasteiger partial charge in [0.25, 0.3) is 7.82 Å². The van der Waals surface area contributed by atoms with Crippen molar-refractivity contribution in [3.63, 3.8) is 0 Å². The predicted octanol–water partition coefficient (Wildman–Crippen LogP) is 20.4. The lowest BCUT2D eigenvalue weighted by molar-refractivity contribution is -0.870. The van der Waals surface area contributed by atoms with E-state index in [0.717, 1.165) is 51.4 Å². The van der Waals surface area contributed by atoms with Crippen molar-refractivity contribution in [2.75, 3.05) is 40.9 Å². The smallest absolute Gasteiger partial charge is 0.306 e. The second-order valence-corrected chi connectivity index (χ2v) is 25.7. The summed E-state index contributed by atoms with van der Waals surface area (Å²) < 4.78 is 30.3. The van der Waals surface area contributed by atoms with Gasteiger partial charge in [0.15, 0.2) is 0 Å². The van der Waals surface area contributed by atoms with Gasteiger partial charge in [-0.15, -0.1) is 0 Å². The van der Waals surface area contributed by atoms with Gasteiger partial charge in [-0.3, -0.25) is 14.2 Å². The summed E-state index contributed by atoms with van der Waals surface area (Å²) in [7, 11) is 1.17. The third kappa shape index (κ3) is 58.9. The molecule has 0 aliphatic heterocycles. The van der Waals surface area contributed by atoms with Gasteiger partial charge in [0.05, 0.1) is 33.8 Å². The van der Waals surface area contributed by atoms with Crippen LogP contribution in [0.4, 0.5) is 0 Å². The molecule has 0 saturated carbocycles. The van der Waals surface area contributed by atoms with Gasteiger partial charge in [-0.25, -0.2) is 0 Å². The summed E-state index contributed by atoms with van der Waals surface area (Å²) in [6.45, 7) is 6.84. The van der Waals surface area contributed by atoms with Gasteiger partial charge in [0, 0.05) is 12.8 Å². The molecule has 0 aromatic heterocycles. The first-order chi connectivity index (χ1) is 37.9. The minimum atomic E-state index is -4.71. The Morgan fingerprint density at radius 2 is 0.795 bits per heavy atom. The van der Waals surface area contributed by atoms with Crippen molar-refractivity contribution in [2.45, 2.75) is 348 Å². The maximum absolute atomic E-state index is 13.6. The van der Waals surface area contributed by atoms with Crippen molar-refractivity contribution in [3.05, 3.63) is 36.5 Å². The number of nitrogens with one attached hydrogen (secondary N) is 1. The van der Waals surface area contributed by atoms with E-state index in [4.69, 9.17) is 13.8 Å². The molecule has 1 N–H and O–H groups in total. The topological polar surface area (TPSA) is 114 Å². The Bertz CT molecular complexity index is 1430. The van der Waals surface area contributed by atoms with Crippen molar-refractivity contribution < 1.29 is 37.3 Å². The fraction of sp³-hybridized carbons (Fsp3) is 0.882. The van der Waals surface area contributed by atoms with Crippen LogP contribution in [0.15, 0.2) is 36.5 Å². The van der Waals surface area contributed by atoms with E-state index in [1.807, 2.05) is 39.4 Å². The van der Waals surface area contributed by atoms with E-state index < -0.39 is 32.5 Å². The molecule has 3 atom stereocenters. The molecule has 0 radical (unpaired) electrons. The lowest BCUT2D eigenvalue weighted by Gasteiger charge is -2.30. The summed E-state index contributed by atoms with van der Waals surface area (Å²) in [5.74, 6) is -0.604. The molecule has 9 nitrogen and oxygen atoms in total. The predicted molar refractivity (Wildman–Crippen MR) is 335 cm³/mol. The lowest BCUT2D eigenvalue weighted by atomic mass is 10.0. The molecule has 0 aromatic rings. The maximum Gasteiger partial charge on any atom is 0.306 e. The molecule has 0 heterocycles. The zero-order valence-corrected chi connectivity index (χ0v) is 53.5. The zero-order valence-electron chi connectivity index (χ0n) is 52.6. The Morgan fingerprint density at radius 3 is 1.18 bits per heavy atom. The molecule has 0 aliphatic rings. The monoisotopic (exact) mass is 1120 g/mol. The fourth-order valence-corrected chi connectivity index (χ4v) is 10.8. The van der Waals surface area contributed by atoms with Crippen molar-refractivity contribution in [1.29, 1.82) is 0 Å². The SMILES string of the molecule is CCCCCCCC/C=C\C/C=C/CCC(=O)OC(/C=C\CCCCCCCCCCCC)C(COP(=O)([O-])OCC[N+](C)(C)C)NC(=O)CCCCCCCCCCCCCCCCCCCCCCCCCCCCC. The van der Waals surface area contributed by atoms with Crippen LogP contribution < -0.4 is 10.2 Å². The average molecular weight is 1120 g/mol. The summed E-state index contributed by atoms with van der Waals surface area (Å²) in [5, 5.41) is 3.02. The third-order valence-corrected chi connectivity index (χ3v) is 16.3. The molecule has 0 rings (SSSR count). The molecule has 460 valence electrons. The molecule has 1 amide bonds. The van der Waals surface area contributed by atoms with Gasteiger partial charge in [0.1, 0.15) is 19.3 Å². The van der Waals surface area contributed by atoms with E-state index in [-0.39, 0.29) is 18.9 Å². The van der Waals surface area contributed by atoms with Crippen LogP contribution in [-0.4, -0.2) is 69.4 Å². The number of amides is 1. The fourth-order valence-electron chi connectivity index (χ4n) is 10.1. The average Bonchev–Trinajstić information content (AvgIpc) is 3.40. The third-order valence-electron chi connectivity index (χ3n) is 15.3. The lowest BCUT2D eigenvalue weighted by Crippen LogP contribution is -2.47. The number of unbranched alkanes of at least 4 members (excludes halogenated alkanes) is 42. The minimum absolute atomic E-state index is 0.0272. The number of ether oxygens (including phenoxy) is 1. The standard InChI is InChI=1S/C68H131N2O7P/c1-7-10-13-16-19-22-25-28-29-30-31-32-33-34-35-36-37-38-39-40-41-43-45-48-51-54-57-60-67(71)69-65(64-76-78(73,74)75-63-62-70(4,5)6)66(59-56-53-50-47-44-27-24-21-18-15-12-9-3)77-68(72)61-58-55-52-49-46-42-26-23-20-17-14-11-8-2/h42,46,52,55-56,59,65-66H,7-41,43-45,47-51,53-54,57-58,60-64H2,1-6H3,(H-,69,71,73,74)/b46-42-,55-52+,59-56-. The Balaban J connectivity index is 4.99. The summed E-state index contributed by atoms with van der Waals surface area (Å²) in [5.41, 5.74) is 0.